The number of fused-ring (bicyclic) bond motifs is 5. The van der Waals surface area contributed by atoms with Crippen molar-refractivity contribution >= 4 is 27.6 Å². The van der Waals surface area contributed by atoms with E-state index < -0.39 is 0 Å². The lowest BCUT2D eigenvalue weighted by Crippen LogP contribution is -1.87. The maximum Gasteiger partial charge on any atom is 0.138 e. The summed E-state index contributed by atoms with van der Waals surface area (Å²) in [7, 11) is 0. The van der Waals surface area contributed by atoms with Crippen LogP contribution in [0.2, 0.25) is 0 Å². The largest absolute Gasteiger partial charge is 0.292 e. The second-order valence-corrected chi connectivity index (χ2v) is 4.10. The molecular weight excluding hydrogens is 208 g/mol. The SMILES string of the molecule is [c]1cccc2ccc3nc4ccccc4n3c12. The van der Waals surface area contributed by atoms with E-state index in [2.05, 4.69) is 39.7 Å². The van der Waals surface area contributed by atoms with Gasteiger partial charge in [0.05, 0.1) is 16.6 Å². The van der Waals surface area contributed by atoms with Crippen molar-refractivity contribution in [1.82, 2.24) is 9.38 Å². The molecule has 2 nitrogen and oxygen atoms in total. The Hall–Kier alpha value is -2.35. The number of pyridine rings is 1. The zero-order valence-electron chi connectivity index (χ0n) is 9.09. The number of imidazole rings is 1. The van der Waals surface area contributed by atoms with Crippen LogP contribution in [0.15, 0.2) is 54.6 Å². The quantitative estimate of drug-likeness (QED) is 0.441. The third-order valence-corrected chi connectivity index (χ3v) is 3.09. The van der Waals surface area contributed by atoms with Crippen LogP contribution in [0.25, 0.3) is 27.6 Å². The first kappa shape index (κ1) is 8.76. The van der Waals surface area contributed by atoms with Crippen LogP contribution in [0.5, 0.6) is 0 Å². The average molecular weight is 217 g/mol. The van der Waals surface area contributed by atoms with Gasteiger partial charge in [0.25, 0.3) is 0 Å². The van der Waals surface area contributed by atoms with Crippen molar-refractivity contribution in [3.63, 3.8) is 0 Å². The van der Waals surface area contributed by atoms with E-state index in [1.165, 1.54) is 5.39 Å². The van der Waals surface area contributed by atoms with Gasteiger partial charge in [-0.3, -0.25) is 4.40 Å². The highest BCUT2D eigenvalue weighted by Crippen LogP contribution is 2.22. The summed E-state index contributed by atoms with van der Waals surface area (Å²) in [6.07, 6.45) is 0. The van der Waals surface area contributed by atoms with E-state index in [0.717, 1.165) is 22.2 Å². The van der Waals surface area contributed by atoms with E-state index in [1.807, 2.05) is 30.3 Å². The van der Waals surface area contributed by atoms with Gasteiger partial charge in [-0.1, -0.05) is 30.3 Å². The fourth-order valence-corrected chi connectivity index (χ4v) is 2.32. The van der Waals surface area contributed by atoms with Gasteiger partial charge in [-0.2, -0.15) is 0 Å². The van der Waals surface area contributed by atoms with Crippen LogP contribution in [0, 0.1) is 6.07 Å². The van der Waals surface area contributed by atoms with Crippen molar-refractivity contribution in [2.75, 3.05) is 0 Å². The van der Waals surface area contributed by atoms with Crippen molar-refractivity contribution in [1.29, 1.82) is 0 Å². The highest BCUT2D eigenvalue weighted by molar-refractivity contribution is 5.90. The van der Waals surface area contributed by atoms with Gasteiger partial charge >= 0.3 is 0 Å². The molecule has 2 aromatic heterocycles. The lowest BCUT2D eigenvalue weighted by atomic mass is 10.2. The molecule has 1 radical (unpaired) electrons. The first-order chi connectivity index (χ1) is 8.43. The molecular formula is C15H9N2. The standard InChI is InChI=1S/C15H9N2/c1-3-7-13-11(5-1)9-10-15-16-12-6-2-4-8-14(12)17(13)15/h1-6,8-10H. The number of para-hydroxylation sites is 3. The molecule has 0 aliphatic heterocycles. The summed E-state index contributed by atoms with van der Waals surface area (Å²) in [6, 6.07) is 21.7. The van der Waals surface area contributed by atoms with Gasteiger partial charge in [0.2, 0.25) is 0 Å². The Bertz CT molecular complexity index is 837. The van der Waals surface area contributed by atoms with Crippen LogP contribution < -0.4 is 0 Å². The van der Waals surface area contributed by atoms with E-state index in [9.17, 15) is 0 Å². The normalized spacial score (nSPS) is 11.5. The minimum absolute atomic E-state index is 0.973. The van der Waals surface area contributed by atoms with Crippen molar-refractivity contribution in [2.45, 2.75) is 0 Å². The topological polar surface area (TPSA) is 17.3 Å². The third-order valence-electron chi connectivity index (χ3n) is 3.09. The Kier molecular flexibility index (Phi) is 1.59. The van der Waals surface area contributed by atoms with Crippen LogP contribution in [0.3, 0.4) is 0 Å². The number of hydrogen-bond acceptors (Lipinski definition) is 1. The highest BCUT2D eigenvalue weighted by atomic mass is 15.0. The molecule has 0 saturated heterocycles. The van der Waals surface area contributed by atoms with Crippen molar-refractivity contribution < 1.29 is 0 Å². The third kappa shape index (κ3) is 1.12. The summed E-state index contributed by atoms with van der Waals surface area (Å²) in [5.41, 5.74) is 4.22. The second kappa shape index (κ2) is 3.08. The molecule has 2 aromatic carbocycles. The van der Waals surface area contributed by atoms with Crippen LogP contribution in [-0.2, 0) is 0 Å². The van der Waals surface area contributed by atoms with E-state index in [0.29, 0.717) is 0 Å². The molecule has 0 fully saturated rings. The zero-order valence-corrected chi connectivity index (χ0v) is 9.09. The average Bonchev–Trinajstić information content (AvgIpc) is 2.77. The molecule has 4 aromatic rings. The number of aromatic nitrogens is 2. The Balaban J connectivity index is 2.38. The van der Waals surface area contributed by atoms with E-state index in [-0.39, 0.29) is 0 Å². The van der Waals surface area contributed by atoms with Crippen LogP contribution >= 0.6 is 0 Å². The van der Waals surface area contributed by atoms with Gasteiger partial charge in [0.15, 0.2) is 0 Å². The number of hydrogen-bond donors (Lipinski definition) is 0. The fraction of sp³-hybridized carbons (Fsp3) is 0. The van der Waals surface area contributed by atoms with E-state index >= 15 is 0 Å². The summed E-state index contributed by atoms with van der Waals surface area (Å²) in [6.45, 7) is 0. The van der Waals surface area contributed by atoms with Crippen molar-refractivity contribution in [2.24, 2.45) is 0 Å². The molecule has 0 N–H and O–H groups in total. The van der Waals surface area contributed by atoms with Crippen LogP contribution in [0.4, 0.5) is 0 Å². The number of rotatable bonds is 0. The number of benzene rings is 2. The smallest absolute Gasteiger partial charge is 0.138 e. The molecule has 0 aliphatic rings. The zero-order chi connectivity index (χ0) is 11.2. The molecule has 0 spiro atoms. The van der Waals surface area contributed by atoms with Crippen molar-refractivity contribution in [3.8, 4) is 0 Å². The molecule has 4 rings (SSSR count). The summed E-state index contributed by atoms with van der Waals surface area (Å²) < 4.78 is 2.16. The van der Waals surface area contributed by atoms with Crippen LogP contribution in [-0.4, -0.2) is 9.38 Å². The van der Waals surface area contributed by atoms with Gasteiger partial charge in [-0.25, -0.2) is 4.98 Å². The molecule has 17 heavy (non-hydrogen) atoms. The Labute approximate surface area is 98.1 Å². The van der Waals surface area contributed by atoms with Gasteiger partial charge in [-0.15, -0.1) is 0 Å². The van der Waals surface area contributed by atoms with Gasteiger partial charge in [0.1, 0.15) is 5.65 Å². The lowest BCUT2D eigenvalue weighted by molar-refractivity contribution is 1.29. The molecule has 0 unspecified atom stereocenters. The molecule has 0 bridgehead atoms. The van der Waals surface area contributed by atoms with E-state index in [4.69, 9.17) is 0 Å². The predicted molar refractivity (Wildman–Crippen MR) is 69.0 cm³/mol. The molecule has 0 amide bonds. The monoisotopic (exact) mass is 217 g/mol. The number of nitrogens with zero attached hydrogens (tertiary/aromatic N) is 2. The summed E-state index contributed by atoms with van der Waals surface area (Å²) in [4.78, 5) is 4.61. The first-order valence-electron chi connectivity index (χ1n) is 5.60. The van der Waals surface area contributed by atoms with E-state index in [1.54, 1.807) is 0 Å². The molecule has 0 saturated carbocycles. The van der Waals surface area contributed by atoms with Gasteiger partial charge in [0, 0.05) is 6.07 Å². The van der Waals surface area contributed by atoms with Gasteiger partial charge < -0.3 is 0 Å². The Morgan fingerprint density at radius 3 is 2.88 bits per heavy atom. The molecule has 2 heteroatoms. The molecule has 2 heterocycles. The van der Waals surface area contributed by atoms with Crippen LogP contribution in [0.1, 0.15) is 0 Å². The first-order valence-corrected chi connectivity index (χ1v) is 5.60. The van der Waals surface area contributed by atoms with Gasteiger partial charge in [-0.05, 0) is 29.7 Å². The maximum absolute atomic E-state index is 4.61. The maximum atomic E-state index is 4.61. The Morgan fingerprint density at radius 1 is 0.941 bits per heavy atom. The predicted octanol–water partition coefficient (Wildman–Crippen LogP) is 3.44. The summed E-state index contributed by atoms with van der Waals surface area (Å²) in [5.74, 6) is 0. The van der Waals surface area contributed by atoms with Crippen molar-refractivity contribution in [3.05, 3.63) is 60.7 Å². The molecule has 0 aliphatic carbocycles. The second-order valence-electron chi connectivity index (χ2n) is 4.10. The summed E-state index contributed by atoms with van der Waals surface area (Å²) in [5, 5.41) is 1.18. The summed E-state index contributed by atoms with van der Waals surface area (Å²) >= 11 is 0. The Morgan fingerprint density at radius 2 is 1.88 bits per heavy atom. The fourth-order valence-electron chi connectivity index (χ4n) is 2.32. The minimum Gasteiger partial charge on any atom is -0.292 e. The molecule has 79 valence electrons. The lowest BCUT2D eigenvalue weighted by Gasteiger charge is -2.01. The highest BCUT2D eigenvalue weighted by Gasteiger charge is 2.06. The minimum atomic E-state index is 0.973. The molecule has 0 atom stereocenters.